The topological polar surface area (TPSA) is 81.4 Å². The second kappa shape index (κ2) is 5.40. The fourth-order valence-corrected chi connectivity index (χ4v) is 2.18. The second-order valence-corrected chi connectivity index (χ2v) is 4.80. The van der Waals surface area contributed by atoms with Crippen LogP contribution < -0.4 is 0 Å². The molecule has 0 bridgehead atoms. The number of hydrogen-bond acceptors (Lipinski definition) is 4. The molecule has 21 heavy (non-hydrogen) atoms. The van der Waals surface area contributed by atoms with E-state index in [-0.39, 0.29) is 5.69 Å². The number of ether oxygens (including phenoxy) is 1. The zero-order valence-corrected chi connectivity index (χ0v) is 12.3. The summed E-state index contributed by atoms with van der Waals surface area (Å²) < 4.78 is 6.23. The van der Waals surface area contributed by atoms with Crippen molar-refractivity contribution in [2.24, 2.45) is 7.05 Å². The van der Waals surface area contributed by atoms with Gasteiger partial charge in [0.05, 0.1) is 18.4 Å². The van der Waals surface area contributed by atoms with E-state index < -0.39 is 11.9 Å². The Kier molecular flexibility index (Phi) is 3.80. The second-order valence-electron chi connectivity index (χ2n) is 4.80. The Bertz CT molecular complexity index is 732. The van der Waals surface area contributed by atoms with Crippen LogP contribution in [0, 0.1) is 13.8 Å². The molecule has 0 saturated carbocycles. The molecule has 0 unspecified atom stereocenters. The zero-order chi connectivity index (χ0) is 15.7. The van der Waals surface area contributed by atoms with Gasteiger partial charge in [-0.2, -0.15) is 5.10 Å². The van der Waals surface area contributed by atoms with E-state index in [9.17, 15) is 9.59 Å². The highest BCUT2D eigenvalue weighted by atomic mass is 16.5. The molecular weight excluding hydrogens is 272 g/mol. The summed E-state index contributed by atoms with van der Waals surface area (Å²) in [6.45, 7) is 3.80. The average molecular weight is 288 g/mol. The quantitative estimate of drug-likeness (QED) is 0.875. The summed E-state index contributed by atoms with van der Waals surface area (Å²) in [5, 5.41) is 13.0. The molecule has 1 N–H and O–H groups in total. The number of carboxylic acid groups (broad SMARTS) is 1. The van der Waals surface area contributed by atoms with E-state index in [1.807, 2.05) is 13.8 Å². The van der Waals surface area contributed by atoms with Gasteiger partial charge in [0.1, 0.15) is 0 Å². The third kappa shape index (κ3) is 2.65. The maximum Gasteiger partial charge on any atom is 0.356 e. The largest absolute Gasteiger partial charge is 0.476 e. The molecule has 0 amide bonds. The predicted octanol–water partition coefficient (Wildman–Crippen LogP) is 2.19. The van der Waals surface area contributed by atoms with E-state index in [0.717, 1.165) is 16.7 Å². The normalized spacial score (nSPS) is 10.5. The van der Waals surface area contributed by atoms with Gasteiger partial charge >= 0.3 is 11.9 Å². The fourth-order valence-electron chi connectivity index (χ4n) is 2.18. The first kappa shape index (κ1) is 14.8. The molecule has 0 aliphatic rings. The van der Waals surface area contributed by atoms with E-state index in [2.05, 4.69) is 5.10 Å². The molecule has 0 aliphatic carbocycles. The number of carbonyl (C=O) groups excluding carboxylic acids is 1. The van der Waals surface area contributed by atoms with E-state index >= 15 is 0 Å². The zero-order valence-electron chi connectivity index (χ0n) is 12.3. The summed E-state index contributed by atoms with van der Waals surface area (Å²) in [6, 6.07) is 4.93. The van der Waals surface area contributed by atoms with Crippen molar-refractivity contribution < 1.29 is 19.4 Å². The van der Waals surface area contributed by atoms with Gasteiger partial charge in [0.25, 0.3) is 0 Å². The first-order valence-corrected chi connectivity index (χ1v) is 6.32. The summed E-state index contributed by atoms with van der Waals surface area (Å²) in [6.07, 6.45) is 0. The maximum absolute atomic E-state index is 11.7. The first-order chi connectivity index (χ1) is 9.85. The number of rotatable bonds is 3. The van der Waals surface area contributed by atoms with Gasteiger partial charge in [0, 0.05) is 12.6 Å². The van der Waals surface area contributed by atoms with Gasteiger partial charge in [-0.25, -0.2) is 9.59 Å². The van der Waals surface area contributed by atoms with Crippen molar-refractivity contribution in [3.63, 3.8) is 0 Å². The minimum absolute atomic E-state index is 0.0342. The molecule has 0 spiro atoms. The number of hydrogen-bond donors (Lipinski definition) is 1. The van der Waals surface area contributed by atoms with Crippen LogP contribution in [-0.4, -0.2) is 33.9 Å². The molecule has 0 aliphatic heterocycles. The third-order valence-corrected chi connectivity index (χ3v) is 3.46. The van der Waals surface area contributed by atoms with Gasteiger partial charge in [-0.15, -0.1) is 0 Å². The summed E-state index contributed by atoms with van der Waals surface area (Å²) >= 11 is 0. The van der Waals surface area contributed by atoms with Gasteiger partial charge < -0.3 is 9.84 Å². The van der Waals surface area contributed by atoms with Crippen LogP contribution in [0.2, 0.25) is 0 Å². The van der Waals surface area contributed by atoms with Crippen molar-refractivity contribution in [1.82, 2.24) is 9.78 Å². The Hall–Kier alpha value is -2.63. The number of carboxylic acids is 1. The molecule has 6 nitrogen and oxygen atoms in total. The lowest BCUT2D eigenvalue weighted by atomic mass is 9.97. The van der Waals surface area contributed by atoms with Crippen LogP contribution in [0.5, 0.6) is 0 Å². The lowest BCUT2D eigenvalue weighted by Crippen LogP contribution is -2.04. The molecule has 0 atom stereocenters. The maximum atomic E-state index is 11.7. The number of aromatic carboxylic acids is 1. The van der Waals surface area contributed by atoms with Gasteiger partial charge in [-0.1, -0.05) is 0 Å². The van der Waals surface area contributed by atoms with Crippen LogP contribution in [0.15, 0.2) is 18.2 Å². The molecule has 6 heteroatoms. The summed E-state index contributed by atoms with van der Waals surface area (Å²) in [5.41, 5.74) is 3.67. The number of methoxy groups -OCH3 is 1. The van der Waals surface area contributed by atoms with Crippen LogP contribution in [-0.2, 0) is 11.8 Å². The van der Waals surface area contributed by atoms with Crippen LogP contribution in [0.3, 0.4) is 0 Å². The lowest BCUT2D eigenvalue weighted by molar-refractivity contribution is 0.0599. The molecule has 2 rings (SSSR count). The highest BCUT2D eigenvalue weighted by Gasteiger charge is 2.17. The molecular formula is C15H16N2O4. The fraction of sp³-hybridized carbons (Fsp3) is 0.267. The van der Waals surface area contributed by atoms with Crippen molar-refractivity contribution in [1.29, 1.82) is 0 Å². The molecule has 0 fully saturated rings. The summed E-state index contributed by atoms with van der Waals surface area (Å²) in [5.74, 6) is -1.52. The van der Waals surface area contributed by atoms with Gasteiger partial charge in [-0.05, 0) is 43.2 Å². The van der Waals surface area contributed by atoms with Crippen molar-refractivity contribution in [3.8, 4) is 11.3 Å². The Morgan fingerprint density at radius 3 is 2.43 bits per heavy atom. The number of esters is 1. The minimum Gasteiger partial charge on any atom is -0.476 e. The summed E-state index contributed by atoms with van der Waals surface area (Å²) in [7, 11) is 2.99. The lowest BCUT2D eigenvalue weighted by Gasteiger charge is -2.11. The van der Waals surface area contributed by atoms with Crippen LogP contribution in [0.25, 0.3) is 11.3 Å². The third-order valence-electron chi connectivity index (χ3n) is 3.46. The van der Waals surface area contributed by atoms with E-state index in [1.165, 1.54) is 17.9 Å². The number of aryl methyl sites for hydroxylation is 2. The SMILES string of the molecule is COC(=O)c1cc(C)c(C)c(-c2cc(C(=O)O)nn2C)c1. The van der Waals surface area contributed by atoms with Gasteiger partial charge in [0.2, 0.25) is 0 Å². The smallest absolute Gasteiger partial charge is 0.356 e. The molecule has 2 aromatic rings. The molecule has 1 aromatic heterocycles. The number of aromatic nitrogens is 2. The molecule has 0 radical (unpaired) electrons. The van der Waals surface area contributed by atoms with E-state index in [4.69, 9.17) is 9.84 Å². The molecule has 0 saturated heterocycles. The predicted molar refractivity (Wildman–Crippen MR) is 76.4 cm³/mol. The molecule has 1 aromatic carbocycles. The van der Waals surface area contributed by atoms with Crippen LogP contribution in [0.4, 0.5) is 0 Å². The minimum atomic E-state index is -1.09. The molecule has 110 valence electrons. The first-order valence-electron chi connectivity index (χ1n) is 6.32. The number of benzene rings is 1. The Labute approximate surface area is 122 Å². The van der Waals surface area contributed by atoms with Crippen molar-refractivity contribution in [3.05, 3.63) is 40.6 Å². The van der Waals surface area contributed by atoms with E-state index in [0.29, 0.717) is 11.3 Å². The van der Waals surface area contributed by atoms with Gasteiger partial charge in [-0.3, -0.25) is 4.68 Å². The van der Waals surface area contributed by atoms with Crippen LogP contribution in [0.1, 0.15) is 32.0 Å². The average Bonchev–Trinajstić information content (AvgIpc) is 2.83. The van der Waals surface area contributed by atoms with E-state index in [1.54, 1.807) is 19.2 Å². The van der Waals surface area contributed by atoms with Crippen molar-refractivity contribution >= 4 is 11.9 Å². The molecule has 1 heterocycles. The van der Waals surface area contributed by atoms with Crippen LogP contribution >= 0.6 is 0 Å². The van der Waals surface area contributed by atoms with Gasteiger partial charge in [0.15, 0.2) is 5.69 Å². The number of nitrogens with zero attached hydrogens (tertiary/aromatic N) is 2. The highest BCUT2D eigenvalue weighted by molar-refractivity contribution is 5.92. The highest BCUT2D eigenvalue weighted by Crippen LogP contribution is 2.28. The Morgan fingerprint density at radius 2 is 1.90 bits per heavy atom. The monoisotopic (exact) mass is 288 g/mol. The van der Waals surface area contributed by atoms with Crippen molar-refractivity contribution in [2.45, 2.75) is 13.8 Å². The van der Waals surface area contributed by atoms with Crippen molar-refractivity contribution in [2.75, 3.05) is 7.11 Å². The Balaban J connectivity index is 2.65. The Morgan fingerprint density at radius 1 is 1.24 bits per heavy atom. The summed E-state index contributed by atoms with van der Waals surface area (Å²) in [4.78, 5) is 22.7. The number of carbonyl (C=O) groups is 2. The standard InChI is InChI=1S/C15H16N2O4/c1-8-5-10(15(20)21-4)6-11(9(8)2)13-7-12(14(18)19)16-17(13)3/h5-7H,1-4H3,(H,18,19).